The van der Waals surface area contributed by atoms with Crippen LogP contribution in [0.25, 0.3) is 0 Å². The molecule has 0 aromatic heterocycles. The van der Waals surface area contributed by atoms with Crippen LogP contribution in [0.15, 0.2) is 23.1 Å². The fraction of sp³-hybridized carbons (Fsp3) is 0.538. The van der Waals surface area contributed by atoms with Crippen molar-refractivity contribution in [2.75, 3.05) is 12.3 Å². The highest BCUT2D eigenvalue weighted by Gasteiger charge is 2.27. The molecule has 1 aliphatic carbocycles. The highest BCUT2D eigenvalue weighted by atomic mass is 32.2. The van der Waals surface area contributed by atoms with Gasteiger partial charge in [0.05, 0.1) is 11.8 Å². The number of nitrogen functional groups attached to an aromatic ring is 1. The van der Waals surface area contributed by atoms with Crippen LogP contribution in [0.5, 0.6) is 0 Å². The summed E-state index contributed by atoms with van der Waals surface area (Å²) < 4.78 is 40.2. The van der Waals surface area contributed by atoms with Gasteiger partial charge in [-0.3, -0.25) is 0 Å². The minimum absolute atomic E-state index is 0.0945. The lowest BCUT2D eigenvalue weighted by molar-refractivity contribution is 0.0724. The van der Waals surface area contributed by atoms with Crippen LogP contribution in [0, 0.1) is 11.7 Å². The largest absolute Gasteiger partial charge is 0.398 e. The summed E-state index contributed by atoms with van der Waals surface area (Å²) in [6, 6.07) is 3.75. The monoisotopic (exact) mass is 302 g/mol. The number of rotatable bonds is 4. The van der Waals surface area contributed by atoms with E-state index in [2.05, 4.69) is 4.72 Å². The van der Waals surface area contributed by atoms with Gasteiger partial charge in [0.2, 0.25) is 10.0 Å². The van der Waals surface area contributed by atoms with E-state index in [1.807, 2.05) is 0 Å². The second kappa shape index (κ2) is 6.07. The molecular formula is C13H19FN2O3S. The van der Waals surface area contributed by atoms with Crippen molar-refractivity contribution < 1.29 is 17.9 Å². The smallest absolute Gasteiger partial charge is 0.245 e. The van der Waals surface area contributed by atoms with E-state index in [1.165, 1.54) is 12.1 Å². The summed E-state index contributed by atoms with van der Waals surface area (Å²) in [5.74, 6) is -1.01. The standard InChI is InChI=1S/C13H19FN2O3S/c14-10-5-3-6-11(15)13(10)20(18,19)16-8-9-4-1-2-7-12(9)17/h3,5-6,9,12,16-17H,1-2,4,7-8,15H2. The Labute approximate surface area is 118 Å². The number of hydrogen-bond donors (Lipinski definition) is 3. The SMILES string of the molecule is Nc1cccc(F)c1S(=O)(=O)NCC1CCCCC1O. The molecule has 0 amide bonds. The van der Waals surface area contributed by atoms with E-state index >= 15 is 0 Å². The molecule has 0 spiro atoms. The van der Waals surface area contributed by atoms with Crippen molar-refractivity contribution in [3.8, 4) is 0 Å². The van der Waals surface area contributed by atoms with Gasteiger partial charge < -0.3 is 10.8 Å². The number of hydrogen-bond acceptors (Lipinski definition) is 4. The van der Waals surface area contributed by atoms with Gasteiger partial charge in [0.15, 0.2) is 0 Å². The molecule has 4 N–H and O–H groups in total. The van der Waals surface area contributed by atoms with Gasteiger partial charge in [0.1, 0.15) is 10.7 Å². The van der Waals surface area contributed by atoms with Gasteiger partial charge in [-0.05, 0) is 30.9 Å². The molecule has 7 heteroatoms. The van der Waals surface area contributed by atoms with Crippen LogP contribution in [0.3, 0.4) is 0 Å². The van der Waals surface area contributed by atoms with Gasteiger partial charge >= 0.3 is 0 Å². The molecule has 112 valence electrons. The lowest BCUT2D eigenvalue weighted by Crippen LogP contribution is -2.37. The van der Waals surface area contributed by atoms with Crippen LogP contribution in [0.2, 0.25) is 0 Å². The number of anilines is 1. The Bertz CT molecular complexity index is 557. The number of nitrogens with one attached hydrogen (secondary N) is 1. The van der Waals surface area contributed by atoms with E-state index in [1.54, 1.807) is 0 Å². The van der Waals surface area contributed by atoms with Crippen LogP contribution in [0.4, 0.5) is 10.1 Å². The average molecular weight is 302 g/mol. The second-order valence-electron chi connectivity index (χ2n) is 5.12. The van der Waals surface area contributed by atoms with Gasteiger partial charge in [-0.15, -0.1) is 0 Å². The molecule has 1 aliphatic rings. The summed E-state index contributed by atoms with van der Waals surface area (Å²) in [4.78, 5) is -0.523. The van der Waals surface area contributed by atoms with E-state index in [4.69, 9.17) is 5.73 Å². The minimum atomic E-state index is -4.01. The molecule has 1 saturated carbocycles. The molecule has 5 nitrogen and oxygen atoms in total. The number of benzene rings is 1. The second-order valence-corrected chi connectivity index (χ2v) is 6.83. The maximum absolute atomic E-state index is 13.6. The maximum Gasteiger partial charge on any atom is 0.245 e. The first-order valence-corrected chi connectivity index (χ1v) is 8.12. The van der Waals surface area contributed by atoms with Crippen LogP contribution in [-0.2, 0) is 10.0 Å². The Kier molecular flexibility index (Phi) is 4.62. The number of aliphatic hydroxyl groups is 1. The van der Waals surface area contributed by atoms with Gasteiger partial charge in [-0.25, -0.2) is 17.5 Å². The van der Waals surface area contributed by atoms with Crippen LogP contribution < -0.4 is 10.5 Å². The quantitative estimate of drug-likeness (QED) is 0.730. The summed E-state index contributed by atoms with van der Waals surface area (Å²) in [7, 11) is -4.01. The first-order valence-electron chi connectivity index (χ1n) is 6.63. The van der Waals surface area contributed by atoms with E-state index in [-0.39, 0.29) is 18.2 Å². The maximum atomic E-state index is 13.6. The average Bonchev–Trinajstić information content (AvgIpc) is 2.37. The number of halogens is 1. The third-order valence-corrected chi connectivity index (χ3v) is 5.19. The van der Waals surface area contributed by atoms with Crippen LogP contribution in [0.1, 0.15) is 25.7 Å². The van der Waals surface area contributed by atoms with Crippen molar-refractivity contribution in [3.05, 3.63) is 24.0 Å². The first-order chi connectivity index (χ1) is 9.42. The first kappa shape index (κ1) is 15.2. The molecule has 1 fully saturated rings. The van der Waals surface area contributed by atoms with Crippen LogP contribution >= 0.6 is 0 Å². The predicted octanol–water partition coefficient (Wildman–Crippen LogP) is 1.24. The summed E-state index contributed by atoms with van der Waals surface area (Å²) in [6.07, 6.45) is 2.84. The van der Waals surface area contributed by atoms with Gasteiger partial charge in [0.25, 0.3) is 0 Å². The van der Waals surface area contributed by atoms with E-state index in [0.29, 0.717) is 6.42 Å². The highest BCUT2D eigenvalue weighted by Crippen LogP contribution is 2.25. The highest BCUT2D eigenvalue weighted by molar-refractivity contribution is 7.89. The molecule has 0 aliphatic heterocycles. The molecule has 0 radical (unpaired) electrons. The molecule has 0 bridgehead atoms. The Morgan fingerprint density at radius 1 is 1.35 bits per heavy atom. The van der Waals surface area contributed by atoms with Crippen molar-refractivity contribution in [3.63, 3.8) is 0 Å². The zero-order valence-corrected chi connectivity index (χ0v) is 11.9. The summed E-state index contributed by atoms with van der Waals surface area (Å²) in [5.41, 5.74) is 5.41. The molecule has 2 unspecified atom stereocenters. The number of aliphatic hydroxyl groups excluding tert-OH is 1. The molecule has 2 atom stereocenters. The van der Waals surface area contributed by atoms with E-state index in [0.717, 1.165) is 25.3 Å². The van der Waals surface area contributed by atoms with Crippen LogP contribution in [-0.4, -0.2) is 26.2 Å². The Morgan fingerprint density at radius 3 is 2.70 bits per heavy atom. The summed E-state index contributed by atoms with van der Waals surface area (Å²) in [5, 5.41) is 9.81. The normalized spacial score (nSPS) is 23.7. The topological polar surface area (TPSA) is 92.4 Å². The zero-order valence-electron chi connectivity index (χ0n) is 11.0. The fourth-order valence-electron chi connectivity index (χ4n) is 2.52. The molecule has 0 heterocycles. The van der Waals surface area contributed by atoms with E-state index < -0.39 is 26.8 Å². The van der Waals surface area contributed by atoms with Crippen molar-refractivity contribution >= 4 is 15.7 Å². The molecule has 1 aromatic rings. The molecule has 0 saturated heterocycles. The molecule has 2 rings (SSSR count). The lowest BCUT2D eigenvalue weighted by Gasteiger charge is -2.27. The Morgan fingerprint density at radius 2 is 2.05 bits per heavy atom. The van der Waals surface area contributed by atoms with Gasteiger partial charge in [-0.2, -0.15) is 0 Å². The molecule has 20 heavy (non-hydrogen) atoms. The third kappa shape index (κ3) is 3.28. The van der Waals surface area contributed by atoms with Gasteiger partial charge in [-0.1, -0.05) is 18.9 Å². The van der Waals surface area contributed by atoms with Crippen molar-refractivity contribution in [1.29, 1.82) is 0 Å². The molecule has 1 aromatic carbocycles. The summed E-state index contributed by atoms with van der Waals surface area (Å²) >= 11 is 0. The van der Waals surface area contributed by atoms with Crippen molar-refractivity contribution in [2.45, 2.75) is 36.7 Å². The summed E-state index contributed by atoms with van der Waals surface area (Å²) in [6.45, 7) is 0.0945. The Balaban J connectivity index is 2.11. The van der Waals surface area contributed by atoms with Crippen molar-refractivity contribution in [1.82, 2.24) is 4.72 Å². The van der Waals surface area contributed by atoms with Crippen molar-refractivity contribution in [2.24, 2.45) is 5.92 Å². The third-order valence-electron chi connectivity index (χ3n) is 3.67. The van der Waals surface area contributed by atoms with E-state index in [9.17, 15) is 17.9 Å². The minimum Gasteiger partial charge on any atom is -0.398 e. The fourth-order valence-corrected chi connectivity index (χ4v) is 3.81. The molecular weight excluding hydrogens is 283 g/mol. The number of sulfonamides is 1. The Hall–Kier alpha value is -1.18. The number of nitrogens with two attached hydrogens (primary N) is 1. The predicted molar refractivity (Wildman–Crippen MR) is 74.0 cm³/mol. The lowest BCUT2D eigenvalue weighted by atomic mass is 9.87. The zero-order chi connectivity index (χ0) is 14.8. The van der Waals surface area contributed by atoms with Gasteiger partial charge in [0, 0.05) is 6.54 Å².